The van der Waals surface area contributed by atoms with E-state index in [1.54, 1.807) is 82.4 Å². The number of nitrogens with one attached hydrogen (secondary N) is 26. The van der Waals surface area contributed by atoms with E-state index in [2.05, 4.69) is 152 Å². The number of amides is 17. The Bertz CT molecular complexity index is 5240. The quantitative estimate of drug-likeness (QED) is 0.00744. The number of nitrogens with two attached hydrogens (primary N) is 4. The number of hydrogen-bond acceptors (Lipinski definition) is 28. The van der Waals surface area contributed by atoms with Crippen molar-refractivity contribution in [2.24, 2.45) is 34.8 Å². The van der Waals surface area contributed by atoms with Crippen LogP contribution in [-0.2, 0) is 110 Å². The van der Waals surface area contributed by atoms with E-state index < -0.39 is 272 Å². The first kappa shape index (κ1) is 118. The van der Waals surface area contributed by atoms with Gasteiger partial charge in [0.25, 0.3) is 0 Å². The van der Waals surface area contributed by atoms with Crippen LogP contribution in [0.3, 0.4) is 0 Å². The van der Waals surface area contributed by atoms with Crippen LogP contribution in [0.15, 0.2) is 73.4 Å². The maximum Gasteiger partial charge on any atom is 0.326 e. The maximum atomic E-state index is 14.6. The fraction of sp³-hybridized carbons (Fsp3) is 0.523. The summed E-state index contributed by atoms with van der Waals surface area (Å²) in [4.78, 5) is 274. The summed E-state index contributed by atoms with van der Waals surface area (Å²) in [6.45, 7) is 6.57. The number of aliphatic hydroxyl groups is 2. The average molecular weight is 2030 g/mol. The molecule has 56 heteroatoms. The zero-order valence-electron chi connectivity index (χ0n) is 79.2. The van der Waals surface area contributed by atoms with Crippen LogP contribution in [0, 0.1) is 28.1 Å². The van der Waals surface area contributed by atoms with Crippen LogP contribution in [-0.4, -0.2) is 325 Å². The van der Waals surface area contributed by atoms with Crippen molar-refractivity contribution in [1.82, 2.24) is 126 Å². The molecule has 0 bridgehead atoms. The topological polar surface area (TPSA) is 882 Å². The largest absolute Gasteiger partial charge is 0.481 e. The second-order valence-electron chi connectivity index (χ2n) is 33.9. The zero-order chi connectivity index (χ0) is 106. The smallest absolute Gasteiger partial charge is 0.326 e. The number of carboxylic acids is 2. The Hall–Kier alpha value is -15.0. The molecule has 5 rings (SSSR count). The molecule has 780 valence electrons. The van der Waals surface area contributed by atoms with Crippen LogP contribution in [0.2, 0.25) is 0 Å². The Balaban J connectivity index is 1.25. The number of imidazole rings is 1. The van der Waals surface area contributed by atoms with E-state index in [0.29, 0.717) is 45.0 Å². The van der Waals surface area contributed by atoms with Gasteiger partial charge in [0, 0.05) is 96.5 Å². The minimum absolute atomic E-state index is 0.0506. The van der Waals surface area contributed by atoms with Gasteiger partial charge in [-0.05, 0) is 101 Å². The third kappa shape index (κ3) is 40.1. The third-order valence-electron chi connectivity index (χ3n) is 21.6. The molecular weight excluding hydrogens is 1900 g/mol. The molecule has 17 amide bonds. The molecule has 0 saturated heterocycles. The number of guanidine groups is 3. The van der Waals surface area contributed by atoms with Crippen LogP contribution < -0.4 is 129 Å². The van der Waals surface area contributed by atoms with Gasteiger partial charge < -0.3 is 165 Å². The second kappa shape index (κ2) is 59.5. The van der Waals surface area contributed by atoms with Crippen molar-refractivity contribution in [3.05, 3.63) is 90.3 Å². The molecule has 3 heterocycles. The lowest BCUT2D eigenvalue weighted by Gasteiger charge is -2.29. The van der Waals surface area contributed by atoms with E-state index >= 15 is 0 Å². The number of aliphatic hydroxyl groups excluding tert-OH is 2. The first-order valence-corrected chi connectivity index (χ1v) is 46.5. The van der Waals surface area contributed by atoms with Crippen LogP contribution in [0.5, 0.6) is 0 Å². The number of H-pyrrole nitrogens is 3. The van der Waals surface area contributed by atoms with Gasteiger partial charge in [-0.25, -0.2) is 9.78 Å². The molecular formula is C86H131N31O23S2. The van der Waals surface area contributed by atoms with Gasteiger partial charge in [0.1, 0.15) is 90.6 Å². The number of benzene rings is 2. The number of carbonyl (C=O) groups is 19. The van der Waals surface area contributed by atoms with E-state index in [9.17, 15) is 112 Å². The molecule has 16 atom stereocenters. The lowest BCUT2D eigenvalue weighted by molar-refractivity contribution is -0.142. The summed E-state index contributed by atoms with van der Waals surface area (Å²) in [5, 5.41) is 113. The van der Waals surface area contributed by atoms with Crippen LogP contribution in [0.1, 0.15) is 117 Å². The molecule has 3 aromatic heterocycles. The molecule has 0 saturated carbocycles. The Morgan fingerprint density at radius 1 is 0.387 bits per heavy atom. The summed E-state index contributed by atoms with van der Waals surface area (Å²) in [6, 6.07) is -11.4. The van der Waals surface area contributed by atoms with Gasteiger partial charge >= 0.3 is 11.9 Å². The Morgan fingerprint density at radius 2 is 0.761 bits per heavy atom. The number of para-hydroxylation sites is 2. The van der Waals surface area contributed by atoms with Gasteiger partial charge in [-0.15, -0.1) is 0 Å². The highest BCUT2D eigenvalue weighted by Gasteiger charge is 2.40. The Kier molecular flexibility index (Phi) is 49.2. The average Bonchev–Trinajstić information content (AvgIpc) is 1.67. The van der Waals surface area contributed by atoms with Crippen molar-refractivity contribution in [3.63, 3.8) is 0 Å². The molecule has 38 N–H and O–H groups in total. The van der Waals surface area contributed by atoms with E-state index in [1.165, 1.54) is 39.5 Å². The lowest BCUT2D eigenvalue weighted by atomic mass is 9.98. The number of thiol groups is 2. The van der Waals surface area contributed by atoms with Gasteiger partial charge in [-0.2, -0.15) is 25.3 Å². The van der Waals surface area contributed by atoms with E-state index in [4.69, 9.17) is 39.2 Å². The predicted octanol–water partition coefficient (Wildman–Crippen LogP) is -9.81. The number of rotatable bonds is 62. The normalized spacial score (nSPS) is 14.5. The van der Waals surface area contributed by atoms with Crippen LogP contribution in [0.25, 0.3) is 21.8 Å². The number of hydrogen-bond donors (Lipinski definition) is 36. The minimum Gasteiger partial charge on any atom is -0.481 e. The number of carbonyl (C=O) groups excluding carboxylic acids is 17. The van der Waals surface area contributed by atoms with E-state index in [0.717, 1.165) is 0 Å². The maximum absolute atomic E-state index is 14.6. The van der Waals surface area contributed by atoms with Crippen molar-refractivity contribution >= 4 is 177 Å². The van der Waals surface area contributed by atoms with E-state index in [-0.39, 0.29) is 88.2 Å². The van der Waals surface area contributed by atoms with Gasteiger partial charge in [-0.1, -0.05) is 64.1 Å². The highest BCUT2D eigenvalue weighted by atomic mass is 32.1. The Labute approximate surface area is 825 Å². The summed E-state index contributed by atoms with van der Waals surface area (Å²) in [7, 11) is 0. The van der Waals surface area contributed by atoms with E-state index in [1.807, 2.05) is 0 Å². The Morgan fingerprint density at radius 3 is 1.23 bits per heavy atom. The SMILES string of the molecule is CC(C)C[C@H](NC(=O)[C@H](C)NC(=O)CNC(=O)[C@H](CO)NC(=O)[C@H](Cc1c[nH]c2ccccc12)NC(=O)[C@H](CC(=O)O)NC(=O)[C@H](CCCNC(=N)N)NC(=O)[C@H](CO)NC(=O)[C@H](CS)NC(=O)[C@H](C)NC(=O)[C@H](CCCNC(=N)N)NC(=O)[C@@H](N)CCCNC(=N)N)C(=O)N[C@H](C(=O)N[C@@H](Cc1c[nH]c2ccccc12)C(=O)N[C@@H](CS)C(=O)N[C@@H](C)C(=O)NCC(=O)N[C@@H](Cc1cnc[nH]1)C(=O)O)C(C)C. The molecule has 0 fully saturated rings. The molecule has 0 aliphatic rings. The molecule has 0 spiro atoms. The predicted molar refractivity (Wildman–Crippen MR) is 520 cm³/mol. The fourth-order valence-corrected chi connectivity index (χ4v) is 14.5. The number of carboxylic acid groups (broad SMARTS) is 2. The molecule has 54 nitrogen and oxygen atoms in total. The number of aromatic nitrogens is 4. The molecule has 142 heavy (non-hydrogen) atoms. The summed E-state index contributed by atoms with van der Waals surface area (Å²) in [5.41, 5.74) is 24.7. The molecule has 0 aliphatic carbocycles. The summed E-state index contributed by atoms with van der Waals surface area (Å²) < 4.78 is 0. The zero-order valence-corrected chi connectivity index (χ0v) is 80.9. The summed E-state index contributed by atoms with van der Waals surface area (Å²) in [5.74, 6) is -23.5. The van der Waals surface area contributed by atoms with Crippen molar-refractivity contribution < 1.29 is 112 Å². The lowest BCUT2D eigenvalue weighted by Crippen LogP contribution is -2.61. The van der Waals surface area contributed by atoms with Crippen molar-refractivity contribution in [2.75, 3.05) is 57.4 Å². The number of fused-ring (bicyclic) bond motifs is 2. The molecule has 0 unspecified atom stereocenters. The standard InChI is InChI=1S/C86H131N31O23S2/c1-40(2)25-55(78(134)117-67(41(3)4)82(138)112-57(27-46-31-99-52-19-11-9-16-49(46)52)76(132)116-62(37-141)80(136)104-42(5)68(124)100-34-65(121)106-59(83(139)140)28-47-32-94-39-102-47)109-69(125)43(6)103-64(120)33-101-72(128)60(35-118)113-75(131)56(26-45-30-98-51-18-10-8-15-48(45)51)110-77(133)58(29-66(122)123)111-74(130)54(21-14-24-97-86(92)93)108-79(135)61(36-119)114-81(137)63(38-142)115-70(126)44(7)105-73(129)53(20-13-23-96-85(90)91)107-71(127)50(87)17-12-22-95-84(88)89/h8-11,15-16,18-19,30-32,39-44,50,53-63,67,98-99,118-119,141-142H,12-14,17,20-29,33-38,87H2,1-7H3,(H,94,102)(H,100,124)(H,101,128)(H,103,120)(H,104,136)(H,105,129)(H,106,121)(H,107,127)(H,108,135)(H,109,125)(H,110,133)(H,111,130)(H,112,138)(H,113,131)(H,114,137)(H,115,126)(H,116,132)(H,117,134)(H,122,123)(H,139,140)(H4,88,89,95)(H4,90,91,96)(H4,92,93,97)/t42-,43-,44-,50-,53-,54-,55-,56-,57-,58-,59-,60-,61-,62-,63-,67-/m0/s1. The monoisotopic (exact) mass is 2030 g/mol. The van der Waals surface area contributed by atoms with Gasteiger partial charge in [-0.3, -0.25) is 103 Å². The first-order chi connectivity index (χ1) is 67.2. The highest BCUT2D eigenvalue weighted by molar-refractivity contribution is 7.80. The number of nitrogens with zero attached hydrogens (tertiary/aromatic N) is 1. The molecule has 5 aromatic rings. The summed E-state index contributed by atoms with van der Waals surface area (Å²) >= 11 is 8.44. The molecule has 2 aromatic carbocycles. The van der Waals surface area contributed by atoms with Crippen molar-refractivity contribution in [2.45, 2.75) is 216 Å². The van der Waals surface area contributed by atoms with Crippen molar-refractivity contribution in [1.29, 1.82) is 16.2 Å². The molecule has 0 radical (unpaired) electrons. The van der Waals surface area contributed by atoms with Crippen molar-refractivity contribution in [3.8, 4) is 0 Å². The van der Waals surface area contributed by atoms with Gasteiger partial charge in [0.2, 0.25) is 100 Å². The highest BCUT2D eigenvalue weighted by Crippen LogP contribution is 2.22. The third-order valence-corrected chi connectivity index (χ3v) is 22.4. The van der Waals surface area contributed by atoms with Crippen LogP contribution >= 0.6 is 25.3 Å². The first-order valence-electron chi connectivity index (χ1n) is 45.2. The minimum atomic E-state index is -2.12. The van der Waals surface area contributed by atoms with Gasteiger partial charge in [0.15, 0.2) is 17.9 Å². The van der Waals surface area contributed by atoms with Gasteiger partial charge in [0.05, 0.1) is 45.1 Å². The number of aliphatic carboxylic acids is 2. The summed E-state index contributed by atoms with van der Waals surface area (Å²) in [6.07, 6.45) is 3.75. The van der Waals surface area contributed by atoms with Crippen LogP contribution in [0.4, 0.5) is 0 Å². The fourth-order valence-electron chi connectivity index (χ4n) is 13.9. The number of aromatic amines is 3. The second-order valence-corrected chi connectivity index (χ2v) is 34.6. The molecule has 0 aliphatic heterocycles.